The highest BCUT2D eigenvalue weighted by Crippen LogP contribution is 2.28. The van der Waals surface area contributed by atoms with Crippen molar-refractivity contribution in [3.63, 3.8) is 0 Å². The van der Waals surface area contributed by atoms with Crippen LogP contribution >= 0.6 is 11.3 Å². The Morgan fingerprint density at radius 2 is 1.80 bits per heavy atom. The lowest BCUT2D eigenvalue weighted by Crippen LogP contribution is -2.36. The summed E-state index contributed by atoms with van der Waals surface area (Å²) in [6, 6.07) is 8.83. The summed E-state index contributed by atoms with van der Waals surface area (Å²) in [4.78, 5) is 25.1. The van der Waals surface area contributed by atoms with E-state index in [1.807, 2.05) is 31.4 Å². The lowest BCUT2D eigenvalue weighted by Gasteiger charge is -2.12. The van der Waals surface area contributed by atoms with E-state index in [0.717, 1.165) is 4.88 Å². The fourth-order valence-electron chi connectivity index (χ4n) is 2.12. The third kappa shape index (κ3) is 5.79. The van der Waals surface area contributed by atoms with E-state index in [0.29, 0.717) is 36.8 Å². The Hall–Kier alpha value is -2.54. The molecule has 7 heteroatoms. The van der Waals surface area contributed by atoms with Crippen molar-refractivity contribution < 1.29 is 19.1 Å². The molecule has 0 bridgehead atoms. The minimum absolute atomic E-state index is 0.0820. The Labute approximate surface area is 151 Å². The van der Waals surface area contributed by atoms with Crippen LogP contribution in [0.25, 0.3) is 0 Å². The van der Waals surface area contributed by atoms with Gasteiger partial charge in [-0.05, 0) is 43.5 Å². The molecule has 2 N–H and O–H groups in total. The van der Waals surface area contributed by atoms with Crippen LogP contribution in [-0.2, 0) is 11.3 Å². The number of benzene rings is 1. The van der Waals surface area contributed by atoms with Gasteiger partial charge in [-0.2, -0.15) is 0 Å². The van der Waals surface area contributed by atoms with E-state index in [9.17, 15) is 9.59 Å². The van der Waals surface area contributed by atoms with Gasteiger partial charge in [0.05, 0.1) is 26.3 Å². The first kappa shape index (κ1) is 18.8. The summed E-state index contributed by atoms with van der Waals surface area (Å²) < 4.78 is 11.0. The molecule has 2 aromatic rings. The van der Waals surface area contributed by atoms with Crippen molar-refractivity contribution >= 4 is 23.2 Å². The molecule has 0 unspecified atom stereocenters. The average molecular weight is 362 g/mol. The van der Waals surface area contributed by atoms with Gasteiger partial charge in [0.25, 0.3) is 5.91 Å². The van der Waals surface area contributed by atoms with Gasteiger partial charge in [0, 0.05) is 10.4 Å². The van der Waals surface area contributed by atoms with Crippen molar-refractivity contribution in [1.29, 1.82) is 0 Å². The molecule has 25 heavy (non-hydrogen) atoms. The maximum atomic E-state index is 12.2. The zero-order valence-electron chi connectivity index (χ0n) is 14.3. The van der Waals surface area contributed by atoms with E-state index >= 15 is 0 Å². The van der Waals surface area contributed by atoms with Gasteiger partial charge in [0.1, 0.15) is 0 Å². The third-order valence-corrected chi connectivity index (χ3v) is 4.13. The Balaban J connectivity index is 1.89. The summed E-state index contributed by atoms with van der Waals surface area (Å²) in [6.45, 7) is 5.10. The second kappa shape index (κ2) is 9.68. The molecule has 0 saturated heterocycles. The average Bonchev–Trinajstić information content (AvgIpc) is 3.13. The number of nitrogens with one attached hydrogen (secondary N) is 2. The number of thiophene rings is 1. The van der Waals surface area contributed by atoms with Crippen LogP contribution < -0.4 is 20.1 Å². The first-order chi connectivity index (χ1) is 12.1. The minimum Gasteiger partial charge on any atom is -0.490 e. The standard InChI is InChI=1S/C18H22N2O4S/c1-3-23-15-8-7-13(10-16(15)24-4-2)18(22)20-12-17(21)19-11-14-6-5-9-25-14/h5-10H,3-4,11-12H2,1-2H3,(H,19,21)(H,20,22). The van der Waals surface area contributed by atoms with Crippen molar-refractivity contribution in [2.24, 2.45) is 0 Å². The van der Waals surface area contributed by atoms with Crippen LogP contribution in [0.3, 0.4) is 0 Å². The molecule has 0 saturated carbocycles. The van der Waals surface area contributed by atoms with Crippen LogP contribution in [0.2, 0.25) is 0 Å². The number of rotatable bonds is 9. The number of hydrogen-bond acceptors (Lipinski definition) is 5. The maximum Gasteiger partial charge on any atom is 0.251 e. The Morgan fingerprint density at radius 1 is 1.04 bits per heavy atom. The molecular weight excluding hydrogens is 340 g/mol. The molecule has 0 radical (unpaired) electrons. The van der Waals surface area contributed by atoms with Gasteiger partial charge in [0.2, 0.25) is 5.91 Å². The Morgan fingerprint density at radius 3 is 2.48 bits per heavy atom. The number of carbonyl (C=O) groups excluding carboxylic acids is 2. The molecule has 1 heterocycles. The molecule has 0 fully saturated rings. The van der Waals surface area contributed by atoms with Crippen molar-refractivity contribution in [2.45, 2.75) is 20.4 Å². The fourth-order valence-corrected chi connectivity index (χ4v) is 2.76. The summed E-state index contributed by atoms with van der Waals surface area (Å²) in [7, 11) is 0. The molecule has 0 spiro atoms. The highest BCUT2D eigenvalue weighted by atomic mass is 32.1. The molecular formula is C18H22N2O4S. The highest BCUT2D eigenvalue weighted by Gasteiger charge is 2.12. The van der Waals surface area contributed by atoms with Gasteiger partial charge in [-0.3, -0.25) is 9.59 Å². The molecule has 1 aromatic carbocycles. The molecule has 2 amide bonds. The number of hydrogen-bond donors (Lipinski definition) is 2. The van der Waals surface area contributed by atoms with Crippen molar-refractivity contribution in [3.8, 4) is 11.5 Å². The van der Waals surface area contributed by atoms with E-state index < -0.39 is 0 Å². The Bertz CT molecular complexity index is 701. The van der Waals surface area contributed by atoms with Gasteiger partial charge >= 0.3 is 0 Å². The van der Waals surface area contributed by atoms with E-state index in [1.165, 1.54) is 0 Å². The first-order valence-corrected chi connectivity index (χ1v) is 8.99. The largest absolute Gasteiger partial charge is 0.490 e. The molecule has 0 atom stereocenters. The SMILES string of the molecule is CCOc1ccc(C(=O)NCC(=O)NCc2cccs2)cc1OCC. The third-order valence-electron chi connectivity index (χ3n) is 3.25. The quantitative estimate of drug-likeness (QED) is 0.719. The van der Waals surface area contributed by atoms with Crippen molar-refractivity contribution in [1.82, 2.24) is 10.6 Å². The van der Waals surface area contributed by atoms with Crippen LogP contribution in [0.4, 0.5) is 0 Å². The predicted molar refractivity (Wildman–Crippen MR) is 97.3 cm³/mol. The summed E-state index contributed by atoms with van der Waals surface area (Å²) in [5, 5.41) is 7.32. The van der Waals surface area contributed by atoms with Gasteiger partial charge in [-0.1, -0.05) is 6.07 Å². The van der Waals surface area contributed by atoms with Crippen molar-refractivity contribution in [2.75, 3.05) is 19.8 Å². The monoisotopic (exact) mass is 362 g/mol. The molecule has 6 nitrogen and oxygen atoms in total. The van der Waals surface area contributed by atoms with E-state index in [1.54, 1.807) is 29.5 Å². The summed E-state index contributed by atoms with van der Waals surface area (Å²) >= 11 is 1.57. The lowest BCUT2D eigenvalue weighted by molar-refractivity contribution is -0.120. The second-order valence-corrected chi connectivity index (χ2v) is 6.10. The smallest absolute Gasteiger partial charge is 0.251 e. The minimum atomic E-state index is -0.338. The summed E-state index contributed by atoms with van der Waals surface area (Å²) in [5.74, 6) is 0.529. The number of carbonyl (C=O) groups is 2. The van der Waals surface area contributed by atoms with E-state index in [-0.39, 0.29) is 18.4 Å². The summed E-state index contributed by atoms with van der Waals surface area (Å²) in [6.07, 6.45) is 0. The normalized spacial score (nSPS) is 10.2. The highest BCUT2D eigenvalue weighted by molar-refractivity contribution is 7.09. The zero-order chi connectivity index (χ0) is 18.1. The predicted octanol–water partition coefficient (Wildman–Crippen LogP) is 2.59. The maximum absolute atomic E-state index is 12.2. The topological polar surface area (TPSA) is 76.7 Å². The van der Waals surface area contributed by atoms with Crippen LogP contribution in [0.5, 0.6) is 11.5 Å². The molecule has 0 aliphatic heterocycles. The van der Waals surface area contributed by atoms with Gasteiger partial charge < -0.3 is 20.1 Å². The molecule has 0 aliphatic carbocycles. The number of ether oxygens (including phenoxy) is 2. The van der Waals surface area contributed by atoms with Gasteiger partial charge in [0.15, 0.2) is 11.5 Å². The zero-order valence-corrected chi connectivity index (χ0v) is 15.2. The van der Waals surface area contributed by atoms with E-state index in [2.05, 4.69) is 10.6 Å². The van der Waals surface area contributed by atoms with Gasteiger partial charge in [-0.25, -0.2) is 0 Å². The molecule has 2 rings (SSSR count). The Kier molecular flexibility index (Phi) is 7.28. The number of amides is 2. The van der Waals surface area contributed by atoms with Crippen molar-refractivity contribution in [3.05, 3.63) is 46.2 Å². The molecule has 134 valence electrons. The van der Waals surface area contributed by atoms with E-state index in [4.69, 9.17) is 9.47 Å². The first-order valence-electron chi connectivity index (χ1n) is 8.11. The molecule has 1 aromatic heterocycles. The van der Waals surface area contributed by atoms with Crippen LogP contribution in [0.15, 0.2) is 35.7 Å². The van der Waals surface area contributed by atoms with Gasteiger partial charge in [-0.15, -0.1) is 11.3 Å². The molecule has 0 aliphatic rings. The summed E-state index contributed by atoms with van der Waals surface area (Å²) in [5.41, 5.74) is 0.415. The van der Waals surface area contributed by atoms with Crippen LogP contribution in [-0.4, -0.2) is 31.6 Å². The van der Waals surface area contributed by atoms with Crippen LogP contribution in [0, 0.1) is 0 Å². The van der Waals surface area contributed by atoms with Crippen LogP contribution in [0.1, 0.15) is 29.1 Å². The fraction of sp³-hybridized carbons (Fsp3) is 0.333. The lowest BCUT2D eigenvalue weighted by atomic mass is 10.2. The second-order valence-electron chi connectivity index (χ2n) is 5.07.